The number of Topliss-reactive ketones (excluding diaryl/α,β-unsaturated/α-hetero) is 1. The monoisotopic (exact) mass is 600 g/mol. The Kier molecular flexibility index (Phi) is 7.68. The molecule has 2 bridgehead atoms. The van der Waals surface area contributed by atoms with Gasteiger partial charge >= 0.3 is 5.97 Å². The van der Waals surface area contributed by atoms with E-state index in [9.17, 15) is 19.5 Å². The summed E-state index contributed by atoms with van der Waals surface area (Å²) in [6.07, 6.45) is 8.02. The molecule has 7 rings (SSSR count). The molecule has 8 nitrogen and oxygen atoms in total. The molecule has 0 unspecified atom stereocenters. The third-order valence-corrected chi connectivity index (χ3v) is 11.1. The molecule has 0 aromatic heterocycles. The van der Waals surface area contributed by atoms with Gasteiger partial charge in [0, 0.05) is 67.1 Å². The molecule has 2 aromatic rings. The number of amides is 1. The molecule has 3 aliphatic carbocycles. The van der Waals surface area contributed by atoms with Gasteiger partial charge in [-0.2, -0.15) is 0 Å². The molecule has 0 radical (unpaired) electrons. The molecule has 2 heterocycles. The first-order valence-corrected chi connectivity index (χ1v) is 16.7. The number of ether oxygens (including phenoxy) is 2. The van der Waals surface area contributed by atoms with Crippen LogP contribution in [0.2, 0.25) is 0 Å². The Morgan fingerprint density at radius 3 is 2.59 bits per heavy atom. The molecule has 234 valence electrons. The number of carbonyl (C=O) groups is 3. The van der Waals surface area contributed by atoms with Crippen molar-refractivity contribution in [3.8, 4) is 17.2 Å². The van der Waals surface area contributed by atoms with E-state index in [2.05, 4.69) is 4.90 Å². The number of esters is 1. The summed E-state index contributed by atoms with van der Waals surface area (Å²) >= 11 is 0. The molecule has 44 heavy (non-hydrogen) atoms. The Hall–Kier alpha value is -3.39. The van der Waals surface area contributed by atoms with Gasteiger partial charge in [-0.3, -0.25) is 19.3 Å². The lowest BCUT2D eigenvalue weighted by Crippen LogP contribution is -2.69. The number of phenols is 1. The van der Waals surface area contributed by atoms with Crippen LogP contribution in [0.3, 0.4) is 0 Å². The predicted molar refractivity (Wildman–Crippen MR) is 165 cm³/mol. The standard InChI is InChI=1S/C36H44N2O6/c1-3-38(32(42)12-8-7-11-29(40)24-9-5-4-6-10-24)27-16-15-26-28-19-25-30(41)20-31(43-22(2)39)34-33(25)36(26,35(27)44-34)17-18-37(28)21-23-13-14-23/h4-6,9-10,20,23,26-28,35,41H,3,7-8,11-19,21H2,1-2H3/t26-,27+,28+,35-,36-/m0/s1. The molecule has 2 aromatic carbocycles. The number of rotatable bonds is 11. The molecule has 8 heteroatoms. The van der Waals surface area contributed by atoms with Crippen LogP contribution in [0.25, 0.3) is 0 Å². The van der Waals surface area contributed by atoms with Gasteiger partial charge in [0.05, 0.1) is 6.04 Å². The fourth-order valence-corrected chi connectivity index (χ4v) is 9.13. The highest BCUT2D eigenvalue weighted by atomic mass is 16.6. The lowest BCUT2D eigenvalue weighted by molar-refractivity contribution is -0.142. The van der Waals surface area contributed by atoms with Crippen molar-refractivity contribution in [2.75, 3.05) is 19.6 Å². The van der Waals surface area contributed by atoms with Crippen LogP contribution < -0.4 is 9.47 Å². The van der Waals surface area contributed by atoms with Gasteiger partial charge < -0.3 is 19.5 Å². The number of nitrogens with zero attached hydrogens (tertiary/aromatic N) is 2. The number of likely N-dealkylation sites (tertiary alicyclic amines) is 1. The van der Waals surface area contributed by atoms with E-state index in [1.165, 1.54) is 19.8 Å². The fourth-order valence-electron chi connectivity index (χ4n) is 9.13. The molecule has 1 saturated heterocycles. The summed E-state index contributed by atoms with van der Waals surface area (Å²) in [5.74, 6) is 1.95. The van der Waals surface area contributed by atoms with Crippen molar-refractivity contribution in [3.63, 3.8) is 0 Å². The van der Waals surface area contributed by atoms with Crippen LogP contribution in [0.15, 0.2) is 36.4 Å². The summed E-state index contributed by atoms with van der Waals surface area (Å²) in [4.78, 5) is 43.1. The van der Waals surface area contributed by atoms with E-state index in [1.54, 1.807) is 6.07 Å². The summed E-state index contributed by atoms with van der Waals surface area (Å²) in [6, 6.07) is 11.1. The number of ketones is 1. The van der Waals surface area contributed by atoms with Crippen molar-refractivity contribution in [2.24, 2.45) is 11.8 Å². The Morgan fingerprint density at radius 1 is 1.09 bits per heavy atom. The summed E-state index contributed by atoms with van der Waals surface area (Å²) in [7, 11) is 0. The number of aromatic hydroxyl groups is 1. The SMILES string of the molecule is CCN(C(=O)CCCCC(=O)c1ccccc1)[C@@H]1CC[C@H]2[C@H]3Cc4c(O)cc(OC(C)=O)c5c4[C@@]2(CCN3CC2CC2)[C@H]1O5. The molecule has 5 aliphatic rings. The van der Waals surface area contributed by atoms with Crippen molar-refractivity contribution < 1.29 is 29.0 Å². The Morgan fingerprint density at radius 2 is 1.86 bits per heavy atom. The van der Waals surface area contributed by atoms with Crippen molar-refractivity contribution in [3.05, 3.63) is 53.1 Å². The molecule has 1 spiro atoms. The van der Waals surface area contributed by atoms with Gasteiger partial charge in [0.2, 0.25) is 5.91 Å². The minimum absolute atomic E-state index is 0.0980. The quantitative estimate of drug-likeness (QED) is 0.159. The number of piperidine rings is 1. The number of hydrogen-bond donors (Lipinski definition) is 1. The average Bonchev–Trinajstić information content (AvgIpc) is 3.77. The smallest absolute Gasteiger partial charge is 0.308 e. The third kappa shape index (κ3) is 4.90. The van der Waals surface area contributed by atoms with Crippen LogP contribution in [-0.4, -0.2) is 70.4 Å². The minimum Gasteiger partial charge on any atom is -0.508 e. The first kappa shape index (κ1) is 29.3. The topological polar surface area (TPSA) is 96.4 Å². The van der Waals surface area contributed by atoms with Gasteiger partial charge in [-0.05, 0) is 76.7 Å². The van der Waals surface area contributed by atoms with E-state index in [0.717, 1.165) is 61.4 Å². The van der Waals surface area contributed by atoms with E-state index < -0.39 is 5.97 Å². The lowest BCUT2D eigenvalue weighted by atomic mass is 9.50. The Balaban J connectivity index is 1.14. The number of phenolic OH excluding ortho intramolecular Hbond substituents is 1. The van der Waals surface area contributed by atoms with Crippen LogP contribution in [0.1, 0.15) is 93.1 Å². The fraction of sp³-hybridized carbons (Fsp3) is 0.583. The zero-order valence-electron chi connectivity index (χ0n) is 25.9. The highest BCUT2D eigenvalue weighted by molar-refractivity contribution is 5.96. The van der Waals surface area contributed by atoms with Crippen molar-refractivity contribution in [2.45, 2.75) is 102 Å². The van der Waals surface area contributed by atoms with Crippen LogP contribution in [0, 0.1) is 11.8 Å². The lowest BCUT2D eigenvalue weighted by Gasteiger charge is -2.60. The zero-order valence-corrected chi connectivity index (χ0v) is 25.9. The summed E-state index contributed by atoms with van der Waals surface area (Å²) < 4.78 is 12.5. The Labute approximate surface area is 259 Å². The van der Waals surface area contributed by atoms with Crippen molar-refractivity contribution >= 4 is 17.7 Å². The molecule has 5 atom stereocenters. The molecular formula is C36H44N2O6. The largest absolute Gasteiger partial charge is 0.508 e. The van der Waals surface area contributed by atoms with Crippen LogP contribution in [0.5, 0.6) is 17.2 Å². The van der Waals surface area contributed by atoms with Gasteiger partial charge in [0.1, 0.15) is 11.9 Å². The molecule has 1 N–H and O–H groups in total. The van der Waals surface area contributed by atoms with E-state index in [4.69, 9.17) is 9.47 Å². The average molecular weight is 601 g/mol. The highest BCUT2D eigenvalue weighted by Crippen LogP contribution is 2.66. The van der Waals surface area contributed by atoms with Gasteiger partial charge in [0.25, 0.3) is 0 Å². The highest BCUT2D eigenvalue weighted by Gasteiger charge is 2.67. The second kappa shape index (κ2) is 11.5. The van der Waals surface area contributed by atoms with E-state index in [1.807, 2.05) is 42.2 Å². The van der Waals surface area contributed by atoms with Gasteiger partial charge in [0.15, 0.2) is 17.3 Å². The summed E-state index contributed by atoms with van der Waals surface area (Å²) in [5, 5.41) is 11.3. The second-order valence-corrected chi connectivity index (χ2v) is 13.6. The molecule has 1 amide bonds. The maximum atomic E-state index is 13.8. The van der Waals surface area contributed by atoms with Crippen molar-refractivity contribution in [1.29, 1.82) is 0 Å². The molecule has 2 saturated carbocycles. The predicted octanol–water partition coefficient (Wildman–Crippen LogP) is 5.43. The first-order chi connectivity index (χ1) is 21.3. The second-order valence-electron chi connectivity index (χ2n) is 13.6. The summed E-state index contributed by atoms with van der Waals surface area (Å²) in [6.45, 7) is 6.07. The van der Waals surface area contributed by atoms with Crippen LogP contribution in [0.4, 0.5) is 0 Å². The number of hydrogen-bond acceptors (Lipinski definition) is 7. The molecular weight excluding hydrogens is 556 g/mol. The third-order valence-electron chi connectivity index (χ3n) is 11.1. The normalized spacial score (nSPS) is 28.1. The number of unbranched alkanes of at least 4 members (excludes halogenated alkanes) is 1. The number of benzene rings is 2. The molecule has 3 fully saturated rings. The number of likely N-dealkylation sites (N-methyl/N-ethyl adjacent to an activating group) is 1. The zero-order chi connectivity index (χ0) is 30.6. The maximum Gasteiger partial charge on any atom is 0.308 e. The summed E-state index contributed by atoms with van der Waals surface area (Å²) in [5.41, 5.74) is 2.34. The Bertz CT molecular complexity index is 1450. The van der Waals surface area contributed by atoms with E-state index >= 15 is 0 Å². The van der Waals surface area contributed by atoms with Crippen molar-refractivity contribution in [1.82, 2.24) is 9.80 Å². The van der Waals surface area contributed by atoms with E-state index in [0.29, 0.717) is 49.9 Å². The van der Waals surface area contributed by atoms with E-state index in [-0.39, 0.29) is 40.8 Å². The first-order valence-electron chi connectivity index (χ1n) is 16.7. The van der Waals surface area contributed by atoms with Crippen LogP contribution in [-0.2, 0) is 21.4 Å². The van der Waals surface area contributed by atoms with Gasteiger partial charge in [-0.15, -0.1) is 0 Å². The minimum atomic E-state index is -0.450. The maximum absolute atomic E-state index is 13.8. The van der Waals surface area contributed by atoms with Gasteiger partial charge in [-0.25, -0.2) is 0 Å². The number of carbonyl (C=O) groups excluding carboxylic acids is 3. The van der Waals surface area contributed by atoms with Gasteiger partial charge in [-0.1, -0.05) is 30.3 Å². The van der Waals surface area contributed by atoms with Crippen LogP contribution >= 0.6 is 0 Å². The molecule has 2 aliphatic heterocycles.